The lowest BCUT2D eigenvalue weighted by molar-refractivity contribution is -0.121. The first-order chi connectivity index (χ1) is 9.12. The van der Waals surface area contributed by atoms with Crippen molar-refractivity contribution in [2.24, 2.45) is 11.1 Å². The largest absolute Gasteiger partial charge is 0.465 e. The molecule has 0 aromatic rings. The molecule has 2 atom stereocenters. The van der Waals surface area contributed by atoms with E-state index in [0.29, 0.717) is 19.4 Å². The van der Waals surface area contributed by atoms with Crippen LogP contribution < -0.4 is 11.1 Å². The van der Waals surface area contributed by atoms with Crippen LogP contribution in [-0.4, -0.2) is 47.2 Å². The summed E-state index contributed by atoms with van der Waals surface area (Å²) in [7, 11) is 1.59. The molecule has 1 heterocycles. The Labute approximate surface area is 120 Å². The van der Waals surface area contributed by atoms with Gasteiger partial charge in [-0.05, 0) is 24.7 Å². The molecule has 0 radical (unpaired) electrons. The summed E-state index contributed by atoms with van der Waals surface area (Å²) in [6, 6.07) is -0.286. The van der Waals surface area contributed by atoms with Crippen molar-refractivity contribution in [3.05, 3.63) is 0 Å². The van der Waals surface area contributed by atoms with E-state index in [-0.39, 0.29) is 17.4 Å². The molecular formula is C14H27N3O3. The summed E-state index contributed by atoms with van der Waals surface area (Å²) in [6.45, 7) is 6.51. The van der Waals surface area contributed by atoms with Gasteiger partial charge in [-0.3, -0.25) is 4.79 Å². The van der Waals surface area contributed by atoms with Gasteiger partial charge in [-0.2, -0.15) is 0 Å². The number of hydrogen-bond acceptors (Lipinski definition) is 3. The van der Waals surface area contributed by atoms with Gasteiger partial charge in [0.1, 0.15) is 0 Å². The average molecular weight is 285 g/mol. The molecule has 2 amide bonds. The number of nitrogens with one attached hydrogen (secondary N) is 1. The monoisotopic (exact) mass is 285 g/mol. The lowest BCUT2D eigenvalue weighted by Gasteiger charge is -2.52. The van der Waals surface area contributed by atoms with Crippen LogP contribution >= 0.6 is 0 Å². The summed E-state index contributed by atoms with van der Waals surface area (Å²) in [6.07, 6.45) is 1.38. The first kappa shape index (κ1) is 16.8. The molecule has 6 heteroatoms. The fourth-order valence-electron chi connectivity index (χ4n) is 3.42. The third kappa shape index (κ3) is 3.62. The molecule has 6 nitrogen and oxygen atoms in total. The number of amides is 2. The fourth-order valence-corrected chi connectivity index (χ4v) is 3.42. The Kier molecular flexibility index (Phi) is 5.02. The van der Waals surface area contributed by atoms with E-state index in [1.54, 1.807) is 7.05 Å². The van der Waals surface area contributed by atoms with Gasteiger partial charge in [0, 0.05) is 25.6 Å². The number of nitrogens with two attached hydrogens (primary N) is 1. The standard InChI is InChI=1S/C14H27N3O3/c1-13(2,3)11-14(15,8-6-10(18)16-4)7-5-9-17(11)12(19)20/h11H,5-9,15H2,1-4H3,(H,16,18)(H,19,20). The highest BCUT2D eigenvalue weighted by molar-refractivity contribution is 5.75. The second kappa shape index (κ2) is 5.99. The molecule has 0 aromatic carbocycles. The van der Waals surface area contributed by atoms with E-state index in [9.17, 15) is 14.7 Å². The first-order valence-electron chi connectivity index (χ1n) is 7.11. The number of carboxylic acid groups (broad SMARTS) is 1. The highest BCUT2D eigenvalue weighted by Crippen LogP contribution is 2.39. The number of nitrogens with zero attached hydrogens (tertiary/aromatic N) is 1. The lowest BCUT2D eigenvalue weighted by Crippen LogP contribution is -2.67. The number of rotatable bonds is 3. The van der Waals surface area contributed by atoms with Crippen LogP contribution in [-0.2, 0) is 4.79 Å². The van der Waals surface area contributed by atoms with Crippen LogP contribution in [0.1, 0.15) is 46.5 Å². The number of piperidine rings is 1. The van der Waals surface area contributed by atoms with Crippen LogP contribution in [0.3, 0.4) is 0 Å². The molecule has 0 bridgehead atoms. The van der Waals surface area contributed by atoms with Gasteiger partial charge >= 0.3 is 6.09 Å². The zero-order valence-corrected chi connectivity index (χ0v) is 12.9. The number of hydrogen-bond donors (Lipinski definition) is 3. The number of carbonyl (C=O) groups is 2. The molecule has 20 heavy (non-hydrogen) atoms. The molecule has 1 fully saturated rings. The topological polar surface area (TPSA) is 95.7 Å². The van der Waals surface area contributed by atoms with Crippen molar-refractivity contribution < 1.29 is 14.7 Å². The van der Waals surface area contributed by atoms with Gasteiger partial charge in [-0.1, -0.05) is 20.8 Å². The van der Waals surface area contributed by atoms with E-state index in [4.69, 9.17) is 5.73 Å². The summed E-state index contributed by atoms with van der Waals surface area (Å²) in [5.41, 5.74) is 5.62. The Morgan fingerprint density at radius 1 is 1.45 bits per heavy atom. The minimum atomic E-state index is -0.931. The molecule has 0 saturated carbocycles. The molecule has 1 saturated heterocycles. The second-order valence-corrected chi connectivity index (χ2v) is 6.75. The predicted octanol–water partition coefficient (Wildman–Crippen LogP) is 1.40. The Balaban J connectivity index is 3.00. The maximum atomic E-state index is 11.5. The molecule has 116 valence electrons. The van der Waals surface area contributed by atoms with Crippen LogP contribution in [0.5, 0.6) is 0 Å². The quantitative estimate of drug-likeness (QED) is 0.730. The Hall–Kier alpha value is -1.30. The van der Waals surface area contributed by atoms with Crippen molar-refractivity contribution in [2.45, 2.75) is 58.0 Å². The molecule has 0 aromatic heterocycles. The Morgan fingerprint density at radius 3 is 2.50 bits per heavy atom. The van der Waals surface area contributed by atoms with E-state index in [1.165, 1.54) is 4.90 Å². The summed E-state index contributed by atoms with van der Waals surface area (Å²) in [5, 5.41) is 12.0. The van der Waals surface area contributed by atoms with Crippen molar-refractivity contribution in [3.8, 4) is 0 Å². The molecule has 1 aliphatic heterocycles. The van der Waals surface area contributed by atoms with E-state index >= 15 is 0 Å². The minimum Gasteiger partial charge on any atom is -0.465 e. The van der Waals surface area contributed by atoms with Crippen molar-refractivity contribution in [3.63, 3.8) is 0 Å². The van der Waals surface area contributed by atoms with Crippen LogP contribution in [0, 0.1) is 5.41 Å². The minimum absolute atomic E-state index is 0.0602. The van der Waals surface area contributed by atoms with Gasteiger partial charge < -0.3 is 21.1 Å². The van der Waals surface area contributed by atoms with E-state index < -0.39 is 11.6 Å². The van der Waals surface area contributed by atoms with Gasteiger partial charge in [0.15, 0.2) is 0 Å². The Morgan fingerprint density at radius 2 is 2.05 bits per heavy atom. The van der Waals surface area contributed by atoms with Crippen molar-refractivity contribution in [1.82, 2.24) is 10.2 Å². The molecule has 0 spiro atoms. The van der Waals surface area contributed by atoms with Gasteiger partial charge in [0.25, 0.3) is 0 Å². The summed E-state index contributed by atoms with van der Waals surface area (Å²) in [5.74, 6) is -0.0602. The molecule has 1 rings (SSSR count). The highest BCUT2D eigenvalue weighted by Gasteiger charge is 2.49. The third-order valence-electron chi connectivity index (χ3n) is 4.06. The maximum Gasteiger partial charge on any atom is 0.407 e. The van der Waals surface area contributed by atoms with E-state index in [2.05, 4.69) is 5.32 Å². The van der Waals surface area contributed by atoms with Crippen LogP contribution in [0.25, 0.3) is 0 Å². The molecule has 4 N–H and O–H groups in total. The fraction of sp³-hybridized carbons (Fsp3) is 0.857. The summed E-state index contributed by atoms with van der Waals surface area (Å²) in [4.78, 5) is 24.4. The molecule has 0 aliphatic carbocycles. The van der Waals surface area contributed by atoms with Crippen LogP contribution in [0.2, 0.25) is 0 Å². The predicted molar refractivity (Wildman–Crippen MR) is 77.4 cm³/mol. The van der Waals surface area contributed by atoms with E-state index in [1.807, 2.05) is 20.8 Å². The van der Waals surface area contributed by atoms with Crippen molar-refractivity contribution in [1.29, 1.82) is 0 Å². The first-order valence-corrected chi connectivity index (χ1v) is 7.11. The maximum absolute atomic E-state index is 11.5. The van der Waals surface area contributed by atoms with Crippen molar-refractivity contribution >= 4 is 12.0 Å². The number of carbonyl (C=O) groups excluding carboxylic acids is 1. The van der Waals surface area contributed by atoms with E-state index in [0.717, 1.165) is 12.8 Å². The van der Waals surface area contributed by atoms with Crippen LogP contribution in [0.4, 0.5) is 4.79 Å². The molecule has 2 unspecified atom stereocenters. The van der Waals surface area contributed by atoms with Crippen LogP contribution in [0.15, 0.2) is 0 Å². The van der Waals surface area contributed by atoms with Gasteiger partial charge in [0.2, 0.25) is 5.91 Å². The lowest BCUT2D eigenvalue weighted by atomic mass is 9.68. The van der Waals surface area contributed by atoms with Gasteiger partial charge in [-0.15, -0.1) is 0 Å². The SMILES string of the molecule is CNC(=O)CCC1(N)CCCN(C(=O)O)C1C(C)(C)C. The second-order valence-electron chi connectivity index (χ2n) is 6.75. The summed E-state index contributed by atoms with van der Waals surface area (Å²) < 4.78 is 0. The van der Waals surface area contributed by atoms with Crippen molar-refractivity contribution in [2.75, 3.05) is 13.6 Å². The normalized spacial score (nSPS) is 27.2. The third-order valence-corrected chi connectivity index (χ3v) is 4.06. The molecule has 1 aliphatic rings. The number of likely N-dealkylation sites (tertiary alicyclic amines) is 1. The van der Waals surface area contributed by atoms with Gasteiger partial charge in [-0.25, -0.2) is 4.79 Å². The van der Waals surface area contributed by atoms with Gasteiger partial charge in [0.05, 0.1) is 6.04 Å². The summed E-state index contributed by atoms with van der Waals surface area (Å²) >= 11 is 0. The average Bonchev–Trinajstić information content (AvgIpc) is 2.34. The Bertz CT molecular complexity index is 378. The smallest absolute Gasteiger partial charge is 0.407 e. The zero-order chi connectivity index (χ0) is 15.6. The molecular weight excluding hydrogens is 258 g/mol. The highest BCUT2D eigenvalue weighted by atomic mass is 16.4. The zero-order valence-electron chi connectivity index (χ0n) is 12.9.